The molecule has 102 valence electrons. The van der Waals surface area contributed by atoms with E-state index in [1.807, 2.05) is 13.0 Å². The number of fused-ring (bicyclic) bond motifs is 1. The van der Waals surface area contributed by atoms with E-state index >= 15 is 0 Å². The Morgan fingerprint density at radius 2 is 2.37 bits per heavy atom. The number of hydrogen-bond acceptors (Lipinski definition) is 2. The van der Waals surface area contributed by atoms with Crippen molar-refractivity contribution in [1.82, 2.24) is 5.32 Å². The van der Waals surface area contributed by atoms with Crippen molar-refractivity contribution in [2.45, 2.75) is 38.6 Å². The highest BCUT2D eigenvalue weighted by molar-refractivity contribution is 5.80. The SMILES string of the molecule is CCC1(C(=O)O)CC1c1ccc2c(c1F)CCNC2. The summed E-state index contributed by atoms with van der Waals surface area (Å²) < 4.78 is 14.6. The van der Waals surface area contributed by atoms with E-state index in [9.17, 15) is 14.3 Å². The number of benzene rings is 1. The molecule has 3 rings (SSSR count). The van der Waals surface area contributed by atoms with Gasteiger partial charge in [-0.15, -0.1) is 0 Å². The summed E-state index contributed by atoms with van der Waals surface area (Å²) in [6.45, 7) is 3.36. The molecular formula is C15H18FNO2. The zero-order chi connectivity index (χ0) is 13.6. The molecular weight excluding hydrogens is 245 g/mol. The third kappa shape index (κ3) is 1.77. The van der Waals surface area contributed by atoms with Gasteiger partial charge >= 0.3 is 5.97 Å². The topological polar surface area (TPSA) is 49.3 Å². The van der Waals surface area contributed by atoms with Crippen LogP contribution in [0.2, 0.25) is 0 Å². The molecule has 3 nitrogen and oxygen atoms in total. The second kappa shape index (κ2) is 4.30. The number of carboxylic acid groups (broad SMARTS) is 1. The highest BCUT2D eigenvalue weighted by Gasteiger charge is 2.60. The summed E-state index contributed by atoms with van der Waals surface area (Å²) in [6.07, 6.45) is 1.81. The van der Waals surface area contributed by atoms with E-state index in [2.05, 4.69) is 5.32 Å². The van der Waals surface area contributed by atoms with E-state index < -0.39 is 11.4 Å². The highest BCUT2D eigenvalue weighted by Crippen LogP contribution is 2.62. The number of nitrogens with one attached hydrogen (secondary N) is 1. The van der Waals surface area contributed by atoms with Crippen molar-refractivity contribution < 1.29 is 14.3 Å². The number of carbonyl (C=O) groups is 1. The summed E-state index contributed by atoms with van der Waals surface area (Å²) >= 11 is 0. The van der Waals surface area contributed by atoms with E-state index in [1.165, 1.54) is 0 Å². The van der Waals surface area contributed by atoms with Gasteiger partial charge in [0.05, 0.1) is 5.41 Å². The predicted octanol–water partition coefficient (Wildman–Crippen LogP) is 2.44. The molecule has 0 saturated heterocycles. The van der Waals surface area contributed by atoms with Crippen LogP contribution in [0.1, 0.15) is 42.4 Å². The third-order valence-corrected chi connectivity index (χ3v) is 4.74. The molecule has 2 aliphatic rings. The summed E-state index contributed by atoms with van der Waals surface area (Å²) in [5.74, 6) is -1.12. The van der Waals surface area contributed by atoms with Crippen molar-refractivity contribution >= 4 is 5.97 Å². The van der Waals surface area contributed by atoms with Crippen LogP contribution in [-0.4, -0.2) is 17.6 Å². The monoisotopic (exact) mass is 263 g/mol. The molecule has 0 amide bonds. The van der Waals surface area contributed by atoms with Gasteiger partial charge in [-0.2, -0.15) is 0 Å². The first kappa shape index (κ1) is 12.6. The lowest BCUT2D eigenvalue weighted by atomic mass is 9.91. The zero-order valence-electron chi connectivity index (χ0n) is 11.0. The fraction of sp³-hybridized carbons (Fsp3) is 0.533. The molecule has 2 atom stereocenters. The van der Waals surface area contributed by atoms with E-state index in [4.69, 9.17) is 0 Å². The molecule has 1 aliphatic carbocycles. The second-order valence-electron chi connectivity index (χ2n) is 5.60. The average Bonchev–Trinajstić information content (AvgIpc) is 3.15. The minimum Gasteiger partial charge on any atom is -0.481 e. The van der Waals surface area contributed by atoms with Crippen LogP contribution in [0.3, 0.4) is 0 Å². The smallest absolute Gasteiger partial charge is 0.310 e. The Bertz CT molecular complexity index is 543. The first-order valence-electron chi connectivity index (χ1n) is 6.84. The maximum absolute atomic E-state index is 14.6. The lowest BCUT2D eigenvalue weighted by Gasteiger charge is -2.20. The minimum absolute atomic E-state index is 0.157. The van der Waals surface area contributed by atoms with Crippen LogP contribution in [0.4, 0.5) is 4.39 Å². The van der Waals surface area contributed by atoms with Crippen LogP contribution < -0.4 is 5.32 Å². The molecule has 19 heavy (non-hydrogen) atoms. The molecule has 1 saturated carbocycles. The van der Waals surface area contributed by atoms with Gasteiger partial charge in [0.25, 0.3) is 0 Å². The number of hydrogen-bond donors (Lipinski definition) is 2. The molecule has 0 bridgehead atoms. The van der Waals surface area contributed by atoms with E-state index in [-0.39, 0.29) is 11.7 Å². The fourth-order valence-electron chi connectivity index (χ4n) is 3.31. The maximum Gasteiger partial charge on any atom is 0.310 e. The van der Waals surface area contributed by atoms with Crippen molar-refractivity contribution in [2.75, 3.05) is 6.54 Å². The van der Waals surface area contributed by atoms with E-state index in [0.717, 1.165) is 17.7 Å². The summed E-state index contributed by atoms with van der Waals surface area (Å²) in [4.78, 5) is 11.4. The molecule has 1 heterocycles. The predicted molar refractivity (Wildman–Crippen MR) is 69.5 cm³/mol. The van der Waals surface area contributed by atoms with Crippen LogP contribution in [0.5, 0.6) is 0 Å². The summed E-state index contributed by atoms with van der Waals surface area (Å²) in [7, 11) is 0. The van der Waals surface area contributed by atoms with Crippen molar-refractivity contribution in [1.29, 1.82) is 0 Å². The van der Waals surface area contributed by atoms with E-state index in [1.54, 1.807) is 6.07 Å². The Balaban J connectivity index is 1.98. The first-order chi connectivity index (χ1) is 9.10. The quantitative estimate of drug-likeness (QED) is 0.880. The Hall–Kier alpha value is -1.42. The Morgan fingerprint density at radius 1 is 1.58 bits per heavy atom. The van der Waals surface area contributed by atoms with Crippen LogP contribution in [0.25, 0.3) is 0 Å². The zero-order valence-corrected chi connectivity index (χ0v) is 11.0. The van der Waals surface area contributed by atoms with Gasteiger partial charge in [0.2, 0.25) is 0 Å². The molecule has 1 fully saturated rings. The van der Waals surface area contributed by atoms with Gasteiger partial charge < -0.3 is 10.4 Å². The molecule has 0 spiro atoms. The number of rotatable bonds is 3. The van der Waals surface area contributed by atoms with E-state index in [0.29, 0.717) is 31.4 Å². The van der Waals surface area contributed by atoms with Crippen LogP contribution >= 0.6 is 0 Å². The Morgan fingerprint density at radius 3 is 3.00 bits per heavy atom. The number of halogens is 1. The summed E-state index contributed by atoms with van der Waals surface area (Å²) in [6, 6.07) is 3.73. The van der Waals surface area contributed by atoms with Gasteiger partial charge in [0.1, 0.15) is 5.82 Å². The van der Waals surface area contributed by atoms with Gasteiger partial charge in [-0.3, -0.25) is 4.79 Å². The standard InChI is InChI=1S/C15H18FNO2/c1-2-15(14(18)19)7-12(15)11-4-3-9-8-17-6-5-10(9)13(11)16/h3-4,12,17H,2,5-8H2,1H3,(H,18,19). The molecule has 0 aromatic heterocycles. The fourth-order valence-corrected chi connectivity index (χ4v) is 3.31. The van der Waals surface area contributed by atoms with Crippen molar-refractivity contribution in [3.8, 4) is 0 Å². The molecule has 2 unspecified atom stereocenters. The highest BCUT2D eigenvalue weighted by atomic mass is 19.1. The van der Waals surface area contributed by atoms with Gasteiger partial charge in [-0.1, -0.05) is 19.1 Å². The molecule has 1 aromatic rings. The van der Waals surface area contributed by atoms with Crippen molar-refractivity contribution in [3.05, 3.63) is 34.6 Å². The summed E-state index contributed by atoms with van der Waals surface area (Å²) in [5.41, 5.74) is 1.65. The number of carboxylic acids is 1. The third-order valence-electron chi connectivity index (χ3n) is 4.74. The molecule has 4 heteroatoms. The van der Waals surface area contributed by atoms with Gasteiger partial charge in [-0.05, 0) is 42.5 Å². The summed E-state index contributed by atoms with van der Waals surface area (Å²) in [5, 5.41) is 12.5. The average molecular weight is 263 g/mol. The second-order valence-corrected chi connectivity index (χ2v) is 5.60. The maximum atomic E-state index is 14.6. The Kier molecular flexibility index (Phi) is 2.86. The molecule has 0 radical (unpaired) electrons. The van der Waals surface area contributed by atoms with Crippen LogP contribution in [0, 0.1) is 11.2 Å². The lowest BCUT2D eigenvalue weighted by Crippen LogP contribution is -2.25. The van der Waals surface area contributed by atoms with Gasteiger partial charge in [-0.25, -0.2) is 4.39 Å². The van der Waals surface area contributed by atoms with Crippen LogP contribution in [0.15, 0.2) is 12.1 Å². The van der Waals surface area contributed by atoms with Gasteiger partial charge in [0.15, 0.2) is 0 Å². The normalized spacial score (nSPS) is 28.8. The molecule has 2 N–H and O–H groups in total. The molecule has 1 aromatic carbocycles. The largest absolute Gasteiger partial charge is 0.481 e. The minimum atomic E-state index is -0.793. The van der Waals surface area contributed by atoms with Crippen molar-refractivity contribution in [3.63, 3.8) is 0 Å². The lowest BCUT2D eigenvalue weighted by molar-refractivity contribution is -0.143. The Labute approximate surface area is 111 Å². The molecule has 1 aliphatic heterocycles. The van der Waals surface area contributed by atoms with Gasteiger partial charge in [0, 0.05) is 12.5 Å². The first-order valence-corrected chi connectivity index (χ1v) is 6.84. The van der Waals surface area contributed by atoms with Crippen molar-refractivity contribution in [2.24, 2.45) is 5.41 Å². The number of aliphatic carboxylic acids is 1. The van der Waals surface area contributed by atoms with Crippen LogP contribution in [-0.2, 0) is 17.8 Å².